The first-order valence-corrected chi connectivity index (χ1v) is 6.16. The molecule has 1 aromatic rings. The number of phenols is 1. The maximum absolute atomic E-state index is 9.79. The zero-order chi connectivity index (χ0) is 11.7. The lowest BCUT2D eigenvalue weighted by atomic mass is 10.1. The molecule has 0 bridgehead atoms. The average Bonchev–Trinajstić information content (AvgIpc) is 2.51. The summed E-state index contributed by atoms with van der Waals surface area (Å²) in [6.45, 7) is 6.34. The highest BCUT2D eigenvalue weighted by atomic mass is 35.5. The van der Waals surface area contributed by atoms with Gasteiger partial charge in [0.05, 0.1) is 0 Å². The van der Waals surface area contributed by atoms with Crippen molar-refractivity contribution in [2.45, 2.75) is 32.9 Å². The molecule has 1 fully saturated rings. The Bertz CT molecular complexity index is 360. The van der Waals surface area contributed by atoms with E-state index in [2.05, 4.69) is 18.7 Å². The SMILES string of the molecule is CC1CC(C)N(Cc2c(O)cccc2Cl)C1. The van der Waals surface area contributed by atoms with Crippen LogP contribution in [0.5, 0.6) is 5.75 Å². The first-order valence-electron chi connectivity index (χ1n) is 5.78. The lowest BCUT2D eigenvalue weighted by molar-refractivity contribution is 0.253. The number of likely N-dealkylation sites (tertiary alicyclic amines) is 1. The number of hydrogen-bond donors (Lipinski definition) is 1. The Morgan fingerprint density at radius 1 is 1.44 bits per heavy atom. The van der Waals surface area contributed by atoms with Crippen LogP contribution >= 0.6 is 11.6 Å². The summed E-state index contributed by atoms with van der Waals surface area (Å²) in [6.07, 6.45) is 1.23. The topological polar surface area (TPSA) is 23.5 Å². The first kappa shape index (κ1) is 11.7. The van der Waals surface area contributed by atoms with Gasteiger partial charge in [-0.25, -0.2) is 0 Å². The van der Waals surface area contributed by atoms with E-state index in [0.29, 0.717) is 16.8 Å². The van der Waals surface area contributed by atoms with E-state index in [4.69, 9.17) is 11.6 Å². The maximum Gasteiger partial charge on any atom is 0.121 e. The molecule has 1 aliphatic heterocycles. The third-order valence-electron chi connectivity index (χ3n) is 3.37. The standard InChI is InChI=1S/C13H18ClNO/c1-9-6-10(2)15(7-9)8-11-12(14)4-3-5-13(11)16/h3-5,9-10,16H,6-8H2,1-2H3. The van der Waals surface area contributed by atoms with Crippen molar-refractivity contribution in [2.75, 3.05) is 6.54 Å². The van der Waals surface area contributed by atoms with Gasteiger partial charge in [-0.05, 0) is 31.4 Å². The second kappa shape index (κ2) is 4.64. The minimum absolute atomic E-state index is 0.305. The van der Waals surface area contributed by atoms with Crippen LogP contribution in [0.4, 0.5) is 0 Å². The van der Waals surface area contributed by atoms with Crippen LogP contribution in [0.1, 0.15) is 25.8 Å². The Balaban J connectivity index is 2.15. The first-order chi connectivity index (χ1) is 7.58. The molecule has 0 spiro atoms. The van der Waals surface area contributed by atoms with Crippen molar-refractivity contribution in [3.8, 4) is 5.75 Å². The summed E-state index contributed by atoms with van der Waals surface area (Å²) in [4.78, 5) is 2.38. The molecular formula is C13H18ClNO. The van der Waals surface area contributed by atoms with Gasteiger partial charge in [0.15, 0.2) is 0 Å². The van der Waals surface area contributed by atoms with E-state index in [-0.39, 0.29) is 0 Å². The van der Waals surface area contributed by atoms with Crippen LogP contribution in [0.25, 0.3) is 0 Å². The summed E-state index contributed by atoms with van der Waals surface area (Å²) in [5, 5.41) is 10.5. The molecule has 88 valence electrons. The van der Waals surface area contributed by atoms with Crippen molar-refractivity contribution in [1.82, 2.24) is 4.90 Å². The van der Waals surface area contributed by atoms with Gasteiger partial charge in [-0.3, -0.25) is 4.90 Å². The van der Waals surface area contributed by atoms with Crippen molar-refractivity contribution in [2.24, 2.45) is 5.92 Å². The fourth-order valence-electron chi connectivity index (χ4n) is 2.51. The second-order valence-electron chi connectivity index (χ2n) is 4.86. The molecule has 0 aromatic heterocycles. The van der Waals surface area contributed by atoms with Gasteiger partial charge in [-0.2, -0.15) is 0 Å². The van der Waals surface area contributed by atoms with Crippen LogP contribution in [-0.4, -0.2) is 22.6 Å². The van der Waals surface area contributed by atoms with E-state index in [9.17, 15) is 5.11 Å². The molecule has 0 saturated carbocycles. The van der Waals surface area contributed by atoms with Gasteiger partial charge in [0.25, 0.3) is 0 Å². The molecule has 2 rings (SSSR count). The Morgan fingerprint density at radius 3 is 2.75 bits per heavy atom. The van der Waals surface area contributed by atoms with Crippen LogP contribution in [-0.2, 0) is 6.54 Å². The van der Waals surface area contributed by atoms with Gasteiger partial charge in [0, 0.05) is 29.7 Å². The van der Waals surface area contributed by atoms with Crippen molar-refractivity contribution in [1.29, 1.82) is 0 Å². The third-order valence-corrected chi connectivity index (χ3v) is 3.72. The summed E-state index contributed by atoms with van der Waals surface area (Å²) in [6, 6.07) is 5.88. The smallest absolute Gasteiger partial charge is 0.121 e. The fraction of sp³-hybridized carbons (Fsp3) is 0.538. The van der Waals surface area contributed by atoms with E-state index in [1.54, 1.807) is 12.1 Å². The largest absolute Gasteiger partial charge is 0.508 e. The highest BCUT2D eigenvalue weighted by Crippen LogP contribution is 2.30. The zero-order valence-electron chi connectivity index (χ0n) is 9.78. The lowest BCUT2D eigenvalue weighted by Crippen LogP contribution is -2.26. The van der Waals surface area contributed by atoms with Gasteiger partial charge < -0.3 is 5.11 Å². The predicted octanol–water partition coefficient (Wildman–Crippen LogP) is 3.28. The zero-order valence-corrected chi connectivity index (χ0v) is 10.5. The van der Waals surface area contributed by atoms with Gasteiger partial charge in [0.2, 0.25) is 0 Å². The second-order valence-corrected chi connectivity index (χ2v) is 5.26. The number of hydrogen-bond acceptors (Lipinski definition) is 2. The van der Waals surface area contributed by atoms with Gasteiger partial charge in [-0.1, -0.05) is 24.6 Å². The molecule has 1 aromatic carbocycles. The minimum Gasteiger partial charge on any atom is -0.508 e. The predicted molar refractivity (Wildman–Crippen MR) is 66.8 cm³/mol. The number of benzene rings is 1. The molecule has 1 saturated heterocycles. The Hall–Kier alpha value is -0.730. The van der Waals surface area contributed by atoms with Crippen LogP contribution in [0, 0.1) is 5.92 Å². The average molecular weight is 240 g/mol. The molecule has 1 heterocycles. The molecule has 2 nitrogen and oxygen atoms in total. The summed E-state index contributed by atoms with van der Waals surface area (Å²) in [5.74, 6) is 1.04. The molecule has 0 amide bonds. The number of rotatable bonds is 2. The number of nitrogens with zero attached hydrogens (tertiary/aromatic N) is 1. The highest BCUT2D eigenvalue weighted by molar-refractivity contribution is 6.31. The van der Waals surface area contributed by atoms with Crippen molar-refractivity contribution in [3.05, 3.63) is 28.8 Å². The van der Waals surface area contributed by atoms with Crippen LogP contribution in [0.3, 0.4) is 0 Å². The van der Waals surface area contributed by atoms with Crippen LogP contribution in [0.2, 0.25) is 5.02 Å². The highest BCUT2D eigenvalue weighted by Gasteiger charge is 2.26. The van der Waals surface area contributed by atoms with Crippen molar-refractivity contribution >= 4 is 11.6 Å². The number of phenolic OH excluding ortho intramolecular Hbond substituents is 1. The number of aromatic hydroxyl groups is 1. The van der Waals surface area contributed by atoms with Crippen LogP contribution < -0.4 is 0 Å². The number of halogens is 1. The molecular weight excluding hydrogens is 222 g/mol. The Labute approximate surface area is 102 Å². The van der Waals surface area contributed by atoms with E-state index in [1.165, 1.54) is 6.42 Å². The van der Waals surface area contributed by atoms with Gasteiger partial charge >= 0.3 is 0 Å². The maximum atomic E-state index is 9.79. The monoisotopic (exact) mass is 239 g/mol. The van der Waals surface area contributed by atoms with E-state index >= 15 is 0 Å². The molecule has 3 heteroatoms. The lowest BCUT2D eigenvalue weighted by Gasteiger charge is -2.22. The molecule has 2 unspecified atom stereocenters. The molecule has 1 N–H and O–H groups in total. The third kappa shape index (κ3) is 2.33. The molecule has 2 atom stereocenters. The fourth-order valence-corrected chi connectivity index (χ4v) is 2.74. The van der Waals surface area contributed by atoms with Crippen LogP contribution in [0.15, 0.2) is 18.2 Å². The summed E-state index contributed by atoms with van der Waals surface area (Å²) in [5.41, 5.74) is 0.852. The molecule has 1 aliphatic rings. The van der Waals surface area contributed by atoms with E-state index in [0.717, 1.165) is 24.6 Å². The van der Waals surface area contributed by atoms with Crippen molar-refractivity contribution in [3.63, 3.8) is 0 Å². The van der Waals surface area contributed by atoms with Crippen molar-refractivity contribution < 1.29 is 5.11 Å². The quantitative estimate of drug-likeness (QED) is 0.856. The van der Waals surface area contributed by atoms with Gasteiger partial charge in [0.1, 0.15) is 5.75 Å². The minimum atomic E-state index is 0.305. The normalized spacial score (nSPS) is 26.2. The van der Waals surface area contributed by atoms with Gasteiger partial charge in [-0.15, -0.1) is 0 Å². The molecule has 0 radical (unpaired) electrons. The summed E-state index contributed by atoms with van der Waals surface area (Å²) >= 11 is 6.11. The summed E-state index contributed by atoms with van der Waals surface area (Å²) in [7, 11) is 0. The Kier molecular flexibility index (Phi) is 3.41. The van der Waals surface area contributed by atoms with E-state index in [1.807, 2.05) is 6.07 Å². The Morgan fingerprint density at radius 2 is 2.19 bits per heavy atom. The van der Waals surface area contributed by atoms with E-state index < -0.39 is 0 Å². The summed E-state index contributed by atoms with van der Waals surface area (Å²) < 4.78 is 0. The molecule has 16 heavy (non-hydrogen) atoms. The molecule has 0 aliphatic carbocycles.